The molecule has 0 amide bonds. The van der Waals surface area contributed by atoms with Gasteiger partial charge < -0.3 is 14.2 Å². The van der Waals surface area contributed by atoms with Gasteiger partial charge in [-0.25, -0.2) is 0 Å². The van der Waals surface area contributed by atoms with Gasteiger partial charge in [-0.3, -0.25) is 9.59 Å². The topological polar surface area (TPSA) is 61.8 Å². The van der Waals surface area contributed by atoms with E-state index in [0.29, 0.717) is 29.4 Å². The summed E-state index contributed by atoms with van der Waals surface area (Å²) in [5.41, 5.74) is 0.458. The fourth-order valence-electron chi connectivity index (χ4n) is 2.02. The third-order valence-corrected chi connectivity index (χ3v) is 3.64. The lowest BCUT2D eigenvalue weighted by atomic mass is 10.1. The number of hydrogen-bond acceptors (Lipinski definition) is 5. The van der Waals surface area contributed by atoms with Gasteiger partial charge in [-0.05, 0) is 55.0 Å². The molecule has 0 saturated carbocycles. The van der Waals surface area contributed by atoms with Gasteiger partial charge in [0, 0.05) is 17.0 Å². The highest BCUT2D eigenvalue weighted by molar-refractivity contribution is 6.30. The number of Topliss-reactive ketones (excluding diaryl/α,β-unsaturated/α-hetero) is 1. The van der Waals surface area contributed by atoms with Gasteiger partial charge in [0.05, 0.1) is 13.7 Å². The maximum atomic E-state index is 11.9. The van der Waals surface area contributed by atoms with E-state index >= 15 is 0 Å². The predicted octanol–water partition coefficient (Wildman–Crippen LogP) is 3.93. The second-order valence-corrected chi connectivity index (χ2v) is 5.65. The summed E-state index contributed by atoms with van der Waals surface area (Å²) in [6, 6.07) is 13.6. The summed E-state index contributed by atoms with van der Waals surface area (Å²) in [6.07, 6.45) is 0.685. The number of benzene rings is 2. The van der Waals surface area contributed by atoms with Crippen molar-refractivity contribution in [1.82, 2.24) is 0 Å². The molecule has 0 aromatic heterocycles. The fraction of sp³-hybridized carbons (Fsp3) is 0.263. The second-order valence-electron chi connectivity index (χ2n) is 5.22. The van der Waals surface area contributed by atoms with Crippen molar-refractivity contribution in [3.8, 4) is 11.5 Å². The summed E-state index contributed by atoms with van der Waals surface area (Å²) in [5, 5.41) is 0.547. The number of hydrogen-bond donors (Lipinski definition) is 0. The van der Waals surface area contributed by atoms with Crippen LogP contribution in [-0.2, 0) is 9.53 Å². The normalized spacial score (nSPS) is 10.2. The van der Waals surface area contributed by atoms with Gasteiger partial charge in [-0.15, -0.1) is 0 Å². The van der Waals surface area contributed by atoms with E-state index in [0.717, 1.165) is 5.75 Å². The van der Waals surface area contributed by atoms with Crippen LogP contribution in [0.4, 0.5) is 0 Å². The van der Waals surface area contributed by atoms with Crippen molar-refractivity contribution in [1.29, 1.82) is 0 Å². The molecule has 0 aliphatic rings. The molecule has 0 N–H and O–H groups in total. The Morgan fingerprint density at radius 3 is 2.24 bits per heavy atom. The van der Waals surface area contributed by atoms with Crippen molar-refractivity contribution in [2.75, 3.05) is 20.3 Å². The van der Waals surface area contributed by atoms with Crippen LogP contribution in [0.2, 0.25) is 5.02 Å². The van der Waals surface area contributed by atoms with E-state index in [4.69, 9.17) is 25.8 Å². The van der Waals surface area contributed by atoms with Crippen LogP contribution in [0.15, 0.2) is 48.5 Å². The quantitative estimate of drug-likeness (QED) is 0.384. The first-order valence-electron chi connectivity index (χ1n) is 7.80. The zero-order chi connectivity index (χ0) is 18.1. The number of ether oxygens (including phenoxy) is 3. The van der Waals surface area contributed by atoms with Gasteiger partial charge in [0.15, 0.2) is 12.4 Å². The highest BCUT2D eigenvalue weighted by atomic mass is 35.5. The van der Waals surface area contributed by atoms with Crippen LogP contribution < -0.4 is 9.47 Å². The predicted molar refractivity (Wildman–Crippen MR) is 94.5 cm³/mol. The minimum absolute atomic E-state index is 0.185. The molecule has 0 radical (unpaired) electrons. The van der Waals surface area contributed by atoms with Crippen LogP contribution in [-0.4, -0.2) is 32.1 Å². The Morgan fingerprint density at radius 2 is 1.60 bits per heavy atom. The van der Waals surface area contributed by atoms with Gasteiger partial charge in [0.1, 0.15) is 11.5 Å². The van der Waals surface area contributed by atoms with E-state index in [-0.39, 0.29) is 18.8 Å². The fourth-order valence-corrected chi connectivity index (χ4v) is 2.14. The van der Waals surface area contributed by atoms with Gasteiger partial charge in [0.25, 0.3) is 0 Å². The maximum Gasteiger partial charge on any atom is 0.306 e. The third-order valence-electron chi connectivity index (χ3n) is 3.38. The van der Waals surface area contributed by atoms with Crippen LogP contribution >= 0.6 is 11.6 Å². The molecule has 25 heavy (non-hydrogen) atoms. The Kier molecular flexibility index (Phi) is 7.29. The van der Waals surface area contributed by atoms with E-state index in [1.165, 1.54) is 0 Å². The first kappa shape index (κ1) is 18.8. The van der Waals surface area contributed by atoms with Crippen molar-refractivity contribution >= 4 is 23.4 Å². The Balaban J connectivity index is 1.63. The Labute approximate surface area is 151 Å². The lowest BCUT2D eigenvalue weighted by Crippen LogP contribution is -2.14. The van der Waals surface area contributed by atoms with Crippen molar-refractivity contribution in [3.63, 3.8) is 0 Å². The third kappa shape index (κ3) is 6.47. The molecule has 0 aliphatic carbocycles. The standard InChI is InChI=1S/C19H19ClO5/c1-23-16-8-10-17(11-9-16)24-12-2-3-19(22)25-13-18(21)14-4-6-15(20)7-5-14/h4-11H,2-3,12-13H2,1H3. The molecular weight excluding hydrogens is 344 g/mol. The molecule has 0 unspecified atom stereocenters. The highest BCUT2D eigenvalue weighted by Gasteiger charge is 2.10. The number of halogens is 1. The molecule has 0 heterocycles. The number of ketones is 1. The molecule has 6 heteroatoms. The number of rotatable bonds is 9. The van der Waals surface area contributed by atoms with E-state index in [1.54, 1.807) is 55.6 Å². The minimum Gasteiger partial charge on any atom is -0.497 e. The number of carbonyl (C=O) groups excluding carboxylic acids is 2. The average molecular weight is 363 g/mol. The summed E-state index contributed by atoms with van der Waals surface area (Å²) in [4.78, 5) is 23.5. The van der Waals surface area contributed by atoms with Gasteiger partial charge in [-0.1, -0.05) is 11.6 Å². The average Bonchev–Trinajstić information content (AvgIpc) is 2.64. The highest BCUT2D eigenvalue weighted by Crippen LogP contribution is 2.17. The van der Waals surface area contributed by atoms with Gasteiger partial charge in [0.2, 0.25) is 0 Å². The Hall–Kier alpha value is -2.53. The lowest BCUT2D eigenvalue weighted by molar-refractivity contribution is -0.142. The molecule has 0 aliphatic heterocycles. The SMILES string of the molecule is COc1ccc(OCCCC(=O)OCC(=O)c2ccc(Cl)cc2)cc1. The molecule has 2 aromatic rings. The van der Waals surface area contributed by atoms with E-state index in [1.807, 2.05) is 0 Å². The van der Waals surface area contributed by atoms with Crippen molar-refractivity contribution in [3.05, 3.63) is 59.1 Å². The summed E-state index contributed by atoms with van der Waals surface area (Å²) in [6.45, 7) is 0.104. The van der Waals surface area contributed by atoms with E-state index < -0.39 is 5.97 Å². The van der Waals surface area contributed by atoms with E-state index in [9.17, 15) is 9.59 Å². The second kappa shape index (κ2) is 9.69. The minimum atomic E-state index is -0.430. The maximum absolute atomic E-state index is 11.9. The van der Waals surface area contributed by atoms with Gasteiger partial charge >= 0.3 is 5.97 Å². The summed E-state index contributed by atoms with van der Waals surface area (Å²) >= 11 is 5.76. The summed E-state index contributed by atoms with van der Waals surface area (Å²) in [5.74, 6) is 0.758. The Morgan fingerprint density at radius 1 is 0.960 bits per heavy atom. The molecule has 0 spiro atoms. The van der Waals surface area contributed by atoms with Crippen LogP contribution in [0.5, 0.6) is 11.5 Å². The molecule has 0 saturated heterocycles. The molecule has 2 aromatic carbocycles. The number of carbonyl (C=O) groups is 2. The smallest absolute Gasteiger partial charge is 0.306 e. The Bertz CT molecular complexity index is 695. The van der Waals surface area contributed by atoms with Crippen molar-refractivity contribution < 1.29 is 23.8 Å². The number of methoxy groups -OCH3 is 1. The number of esters is 1. The molecule has 2 rings (SSSR count). The summed E-state index contributed by atoms with van der Waals surface area (Å²) in [7, 11) is 1.60. The zero-order valence-electron chi connectivity index (χ0n) is 13.9. The molecule has 5 nitrogen and oxygen atoms in total. The lowest BCUT2D eigenvalue weighted by Gasteiger charge is -2.07. The van der Waals surface area contributed by atoms with Crippen LogP contribution in [0, 0.1) is 0 Å². The van der Waals surface area contributed by atoms with Crippen LogP contribution in [0.1, 0.15) is 23.2 Å². The molecule has 132 valence electrons. The summed E-state index contributed by atoms with van der Waals surface area (Å²) < 4.78 is 15.6. The zero-order valence-corrected chi connectivity index (χ0v) is 14.6. The van der Waals surface area contributed by atoms with Gasteiger partial charge in [-0.2, -0.15) is 0 Å². The monoisotopic (exact) mass is 362 g/mol. The van der Waals surface area contributed by atoms with Crippen LogP contribution in [0.25, 0.3) is 0 Å². The molecule has 0 bridgehead atoms. The van der Waals surface area contributed by atoms with Crippen LogP contribution in [0.3, 0.4) is 0 Å². The first-order valence-corrected chi connectivity index (χ1v) is 8.17. The largest absolute Gasteiger partial charge is 0.497 e. The first-order chi connectivity index (χ1) is 12.1. The van der Waals surface area contributed by atoms with Crippen molar-refractivity contribution in [2.45, 2.75) is 12.8 Å². The molecule has 0 fully saturated rings. The van der Waals surface area contributed by atoms with Crippen molar-refractivity contribution in [2.24, 2.45) is 0 Å². The van der Waals surface area contributed by atoms with E-state index in [2.05, 4.69) is 0 Å². The molecular formula is C19H19ClO5. The molecule has 0 atom stereocenters.